The maximum atomic E-state index is 14.0. The summed E-state index contributed by atoms with van der Waals surface area (Å²) in [5.41, 5.74) is 8.38. The Morgan fingerprint density at radius 1 is 1.13 bits per heavy atom. The van der Waals surface area contributed by atoms with Crippen molar-refractivity contribution in [3.8, 4) is 0 Å². The van der Waals surface area contributed by atoms with E-state index in [1.54, 1.807) is 18.2 Å². The van der Waals surface area contributed by atoms with Gasteiger partial charge in [0.25, 0.3) is 0 Å². The van der Waals surface area contributed by atoms with Crippen molar-refractivity contribution in [2.24, 2.45) is 16.6 Å². The average molecular weight is 407 g/mol. The number of nitrogens with zero attached hydrogens (tertiary/aromatic N) is 5. The Labute approximate surface area is 176 Å². The minimum Gasteiger partial charge on any atom is -0.369 e. The van der Waals surface area contributed by atoms with Crippen LogP contribution < -0.4 is 10.6 Å². The van der Waals surface area contributed by atoms with Crippen molar-refractivity contribution in [2.75, 3.05) is 24.5 Å². The van der Waals surface area contributed by atoms with Crippen LogP contribution in [0.2, 0.25) is 0 Å². The van der Waals surface area contributed by atoms with Gasteiger partial charge >= 0.3 is 0 Å². The third kappa shape index (κ3) is 4.35. The molecule has 4 rings (SSSR count). The lowest BCUT2D eigenvalue weighted by Crippen LogP contribution is -2.57. The van der Waals surface area contributed by atoms with Crippen LogP contribution in [0.1, 0.15) is 20.3 Å². The van der Waals surface area contributed by atoms with Gasteiger partial charge in [0.1, 0.15) is 17.3 Å². The summed E-state index contributed by atoms with van der Waals surface area (Å²) < 4.78 is 14.0. The lowest BCUT2D eigenvalue weighted by atomic mass is 10.00. The Hall–Kier alpha value is -3.22. The second kappa shape index (κ2) is 8.65. The van der Waals surface area contributed by atoms with Crippen LogP contribution in [0.15, 0.2) is 59.7 Å². The van der Waals surface area contributed by atoms with E-state index in [1.165, 1.54) is 6.07 Å². The standard InChI is InChI=1S/C23H27FN6/c1-16(2)13-17-15-29(22-14-26-20-9-5-6-10-21(20)27-22)11-12-30(17)23(25)28-19-8-4-3-7-18(19)24/h3-10,14,16-17H,11-13,15H2,1-2H3,(H2,25,28). The molecule has 0 spiro atoms. The molecule has 156 valence electrons. The smallest absolute Gasteiger partial charge is 0.196 e. The number of benzene rings is 2. The number of hydrogen-bond acceptors (Lipinski definition) is 4. The molecule has 0 radical (unpaired) electrons. The molecule has 3 aromatic rings. The van der Waals surface area contributed by atoms with Crippen LogP contribution in [0.3, 0.4) is 0 Å². The van der Waals surface area contributed by atoms with Crippen molar-refractivity contribution in [1.82, 2.24) is 14.9 Å². The predicted octanol–water partition coefficient (Wildman–Crippen LogP) is 3.95. The molecule has 1 aliphatic heterocycles. The summed E-state index contributed by atoms with van der Waals surface area (Å²) in [6, 6.07) is 14.5. The van der Waals surface area contributed by atoms with E-state index >= 15 is 0 Å². The van der Waals surface area contributed by atoms with Gasteiger partial charge in [-0.3, -0.25) is 4.98 Å². The van der Waals surface area contributed by atoms with Crippen LogP contribution in [0.4, 0.5) is 15.9 Å². The molecule has 6 nitrogen and oxygen atoms in total. The summed E-state index contributed by atoms with van der Waals surface area (Å²) in [4.78, 5) is 18.1. The maximum absolute atomic E-state index is 14.0. The molecule has 1 atom stereocenters. The van der Waals surface area contributed by atoms with Crippen molar-refractivity contribution < 1.29 is 4.39 Å². The number of piperazine rings is 1. The van der Waals surface area contributed by atoms with Crippen LogP contribution in [0.5, 0.6) is 0 Å². The van der Waals surface area contributed by atoms with Crippen LogP contribution in [-0.2, 0) is 0 Å². The molecule has 30 heavy (non-hydrogen) atoms. The van der Waals surface area contributed by atoms with Gasteiger partial charge in [-0.1, -0.05) is 38.1 Å². The molecule has 0 amide bonds. The zero-order valence-electron chi connectivity index (χ0n) is 17.4. The molecule has 0 bridgehead atoms. The van der Waals surface area contributed by atoms with Crippen molar-refractivity contribution in [3.63, 3.8) is 0 Å². The highest BCUT2D eigenvalue weighted by molar-refractivity contribution is 5.82. The topological polar surface area (TPSA) is 70.6 Å². The summed E-state index contributed by atoms with van der Waals surface area (Å²) in [5, 5.41) is 0. The fourth-order valence-corrected chi connectivity index (χ4v) is 3.94. The van der Waals surface area contributed by atoms with Gasteiger partial charge in [0, 0.05) is 25.7 Å². The number of nitrogens with two attached hydrogens (primary N) is 1. The molecule has 0 aliphatic carbocycles. The van der Waals surface area contributed by atoms with Crippen LogP contribution >= 0.6 is 0 Å². The Morgan fingerprint density at radius 3 is 2.63 bits per heavy atom. The second-order valence-corrected chi connectivity index (χ2v) is 8.06. The van der Waals surface area contributed by atoms with Crippen LogP contribution in [0.25, 0.3) is 11.0 Å². The van der Waals surface area contributed by atoms with E-state index in [0.717, 1.165) is 36.4 Å². The van der Waals surface area contributed by atoms with E-state index in [1.807, 2.05) is 30.5 Å². The fourth-order valence-electron chi connectivity index (χ4n) is 3.94. The number of halogens is 1. The molecular formula is C23H27FN6. The van der Waals surface area contributed by atoms with Crippen molar-refractivity contribution in [1.29, 1.82) is 0 Å². The van der Waals surface area contributed by atoms with Crippen molar-refractivity contribution in [2.45, 2.75) is 26.3 Å². The van der Waals surface area contributed by atoms with Crippen LogP contribution in [-0.4, -0.2) is 46.5 Å². The summed E-state index contributed by atoms with van der Waals surface area (Å²) in [7, 11) is 0. The first-order valence-corrected chi connectivity index (χ1v) is 10.3. The minimum atomic E-state index is -0.370. The first-order chi connectivity index (χ1) is 14.5. The molecular weight excluding hydrogens is 379 g/mol. The number of hydrogen-bond donors (Lipinski definition) is 1. The lowest BCUT2D eigenvalue weighted by Gasteiger charge is -2.43. The van der Waals surface area contributed by atoms with Gasteiger partial charge in [-0.05, 0) is 36.6 Å². The van der Waals surface area contributed by atoms with Gasteiger partial charge in [0.15, 0.2) is 5.96 Å². The number of anilines is 1. The van der Waals surface area contributed by atoms with E-state index in [-0.39, 0.29) is 17.5 Å². The highest BCUT2D eigenvalue weighted by Gasteiger charge is 2.30. The van der Waals surface area contributed by atoms with Gasteiger partial charge in [-0.25, -0.2) is 14.4 Å². The Bertz CT molecular complexity index is 1050. The van der Waals surface area contributed by atoms with Gasteiger partial charge in [-0.15, -0.1) is 0 Å². The van der Waals surface area contributed by atoms with Gasteiger partial charge in [0.05, 0.1) is 17.2 Å². The van der Waals surface area contributed by atoms with E-state index < -0.39 is 0 Å². The summed E-state index contributed by atoms with van der Waals surface area (Å²) in [6.07, 6.45) is 2.78. The Balaban J connectivity index is 1.58. The first kappa shape index (κ1) is 20.1. The Morgan fingerprint density at radius 2 is 1.87 bits per heavy atom. The molecule has 2 N–H and O–H groups in total. The molecule has 0 saturated carbocycles. The maximum Gasteiger partial charge on any atom is 0.196 e. The van der Waals surface area contributed by atoms with Gasteiger partial charge in [-0.2, -0.15) is 0 Å². The molecule has 2 heterocycles. The monoisotopic (exact) mass is 406 g/mol. The number of para-hydroxylation sites is 3. The number of aliphatic imine (C=N–C) groups is 1. The molecule has 1 saturated heterocycles. The van der Waals surface area contributed by atoms with Crippen molar-refractivity contribution in [3.05, 3.63) is 60.5 Å². The normalized spacial score (nSPS) is 17.7. The zero-order valence-corrected chi connectivity index (χ0v) is 17.4. The van der Waals surface area contributed by atoms with Gasteiger partial charge < -0.3 is 15.5 Å². The van der Waals surface area contributed by atoms with E-state index in [9.17, 15) is 4.39 Å². The van der Waals surface area contributed by atoms with E-state index in [2.05, 4.69) is 33.6 Å². The predicted molar refractivity (Wildman–Crippen MR) is 119 cm³/mol. The average Bonchev–Trinajstić information content (AvgIpc) is 2.74. The summed E-state index contributed by atoms with van der Waals surface area (Å²) in [5.74, 6) is 1.34. The summed E-state index contributed by atoms with van der Waals surface area (Å²) in [6.45, 7) is 6.58. The minimum absolute atomic E-state index is 0.155. The van der Waals surface area contributed by atoms with Gasteiger partial charge in [0.2, 0.25) is 0 Å². The van der Waals surface area contributed by atoms with Crippen LogP contribution in [0, 0.1) is 11.7 Å². The SMILES string of the molecule is CC(C)CC1CN(c2cnc3ccccc3n2)CCN1C(N)=Nc1ccccc1F. The molecule has 7 heteroatoms. The number of fused-ring (bicyclic) bond motifs is 1. The Kier molecular flexibility index (Phi) is 5.79. The molecule has 1 unspecified atom stereocenters. The fraction of sp³-hybridized carbons (Fsp3) is 0.348. The van der Waals surface area contributed by atoms with E-state index in [4.69, 9.17) is 10.7 Å². The quantitative estimate of drug-likeness (QED) is 0.525. The number of guanidine groups is 1. The largest absolute Gasteiger partial charge is 0.369 e. The van der Waals surface area contributed by atoms with Crippen molar-refractivity contribution >= 4 is 28.5 Å². The number of aromatic nitrogens is 2. The summed E-state index contributed by atoms with van der Waals surface area (Å²) >= 11 is 0. The number of rotatable bonds is 4. The highest BCUT2D eigenvalue weighted by Crippen LogP contribution is 2.24. The lowest BCUT2D eigenvalue weighted by molar-refractivity contribution is 0.243. The zero-order chi connectivity index (χ0) is 21.1. The molecule has 1 aromatic heterocycles. The third-order valence-corrected chi connectivity index (χ3v) is 5.37. The second-order valence-electron chi connectivity index (χ2n) is 8.06. The molecule has 2 aromatic carbocycles. The van der Waals surface area contributed by atoms with E-state index in [0.29, 0.717) is 18.4 Å². The third-order valence-electron chi connectivity index (χ3n) is 5.37. The highest BCUT2D eigenvalue weighted by atomic mass is 19.1. The molecule has 1 fully saturated rings. The molecule has 1 aliphatic rings. The first-order valence-electron chi connectivity index (χ1n) is 10.3.